The van der Waals surface area contributed by atoms with Crippen molar-refractivity contribution in [3.05, 3.63) is 90.0 Å². The molecule has 0 saturated carbocycles. The van der Waals surface area contributed by atoms with Gasteiger partial charge in [-0.3, -0.25) is 4.98 Å². The van der Waals surface area contributed by atoms with Crippen LogP contribution in [0.5, 0.6) is 5.75 Å². The Morgan fingerprint density at radius 1 is 1.00 bits per heavy atom. The number of aromatic nitrogens is 1. The van der Waals surface area contributed by atoms with E-state index in [-0.39, 0.29) is 11.9 Å². The number of hydrogen-bond donors (Lipinski definition) is 1. The minimum Gasteiger partial charge on any atom is -0.495 e. The van der Waals surface area contributed by atoms with Gasteiger partial charge in [0.15, 0.2) is 0 Å². The first-order chi connectivity index (χ1) is 11.3. The number of ether oxygens (including phenoxy) is 1. The minimum atomic E-state index is -0.275. The number of hydrogen-bond acceptors (Lipinski definition) is 3. The highest BCUT2D eigenvalue weighted by Crippen LogP contribution is 2.31. The number of nitrogens with zero attached hydrogens (tertiary/aromatic N) is 1. The van der Waals surface area contributed by atoms with Crippen molar-refractivity contribution >= 4 is 5.69 Å². The Morgan fingerprint density at radius 3 is 2.57 bits per heavy atom. The van der Waals surface area contributed by atoms with Gasteiger partial charge in [-0.2, -0.15) is 0 Å². The van der Waals surface area contributed by atoms with Crippen LogP contribution in [-0.2, 0) is 0 Å². The average Bonchev–Trinajstić information content (AvgIpc) is 2.60. The number of halogens is 1. The third-order valence-electron chi connectivity index (χ3n) is 3.57. The Kier molecular flexibility index (Phi) is 4.52. The lowest BCUT2D eigenvalue weighted by atomic mass is 10.0. The molecule has 0 fully saturated rings. The largest absolute Gasteiger partial charge is 0.495 e. The Bertz CT molecular complexity index is 777. The first-order valence-electron chi connectivity index (χ1n) is 7.34. The van der Waals surface area contributed by atoms with Crippen molar-refractivity contribution in [2.75, 3.05) is 12.4 Å². The molecule has 23 heavy (non-hydrogen) atoms. The molecule has 0 radical (unpaired) electrons. The van der Waals surface area contributed by atoms with Gasteiger partial charge < -0.3 is 10.1 Å². The van der Waals surface area contributed by atoms with Crippen LogP contribution >= 0.6 is 0 Å². The first-order valence-corrected chi connectivity index (χ1v) is 7.34. The normalized spacial score (nSPS) is 11.7. The van der Waals surface area contributed by atoms with Crippen molar-refractivity contribution in [1.29, 1.82) is 0 Å². The van der Waals surface area contributed by atoms with Crippen LogP contribution in [0.25, 0.3) is 0 Å². The van der Waals surface area contributed by atoms with Crippen LogP contribution < -0.4 is 10.1 Å². The molecule has 0 aliphatic carbocycles. The van der Waals surface area contributed by atoms with E-state index in [1.807, 2.05) is 48.5 Å². The molecule has 4 heteroatoms. The van der Waals surface area contributed by atoms with Crippen LogP contribution in [-0.4, -0.2) is 12.1 Å². The molecule has 0 aliphatic rings. The maximum absolute atomic E-state index is 13.7. The van der Waals surface area contributed by atoms with Gasteiger partial charge in [0.2, 0.25) is 0 Å². The number of pyridine rings is 1. The summed E-state index contributed by atoms with van der Waals surface area (Å²) in [6.07, 6.45) is 1.73. The molecule has 0 bridgehead atoms. The van der Waals surface area contributed by atoms with Gasteiger partial charge in [0.05, 0.1) is 24.5 Å². The Balaban J connectivity index is 2.02. The zero-order valence-electron chi connectivity index (χ0n) is 12.7. The second kappa shape index (κ2) is 6.92. The molecule has 1 heterocycles. The molecule has 3 aromatic rings. The number of methoxy groups -OCH3 is 1. The summed E-state index contributed by atoms with van der Waals surface area (Å²) < 4.78 is 19.0. The fourth-order valence-corrected chi connectivity index (χ4v) is 2.48. The Hall–Kier alpha value is -2.88. The predicted octanol–water partition coefficient (Wildman–Crippen LogP) is 4.43. The number of benzene rings is 2. The summed E-state index contributed by atoms with van der Waals surface area (Å²) in [4.78, 5) is 4.41. The third kappa shape index (κ3) is 3.48. The van der Waals surface area contributed by atoms with E-state index >= 15 is 0 Å². The Labute approximate surface area is 134 Å². The summed E-state index contributed by atoms with van der Waals surface area (Å²) in [6.45, 7) is 0. The summed E-state index contributed by atoms with van der Waals surface area (Å²) in [5.41, 5.74) is 2.44. The second-order valence-electron chi connectivity index (χ2n) is 5.09. The van der Waals surface area contributed by atoms with Gasteiger partial charge in [-0.1, -0.05) is 30.3 Å². The maximum Gasteiger partial charge on any atom is 0.141 e. The minimum absolute atomic E-state index is 0.273. The zero-order chi connectivity index (χ0) is 16.1. The van der Waals surface area contributed by atoms with E-state index in [0.717, 1.165) is 22.7 Å². The first kappa shape index (κ1) is 15.0. The summed E-state index contributed by atoms with van der Waals surface area (Å²) in [5.74, 6) is 0.454. The van der Waals surface area contributed by atoms with Crippen LogP contribution in [0.15, 0.2) is 72.9 Å². The molecule has 3 nitrogen and oxygen atoms in total. The fraction of sp³-hybridized carbons (Fsp3) is 0.105. The smallest absolute Gasteiger partial charge is 0.141 e. The number of para-hydroxylation sites is 2. The summed E-state index contributed by atoms with van der Waals surface area (Å²) in [5, 5.41) is 3.40. The fourth-order valence-electron chi connectivity index (χ4n) is 2.48. The molecule has 1 atom stereocenters. The molecule has 1 N–H and O–H groups in total. The van der Waals surface area contributed by atoms with E-state index in [1.54, 1.807) is 19.4 Å². The summed E-state index contributed by atoms with van der Waals surface area (Å²) >= 11 is 0. The monoisotopic (exact) mass is 308 g/mol. The second-order valence-corrected chi connectivity index (χ2v) is 5.09. The van der Waals surface area contributed by atoms with E-state index in [1.165, 1.54) is 12.1 Å². The standard InChI is InChI=1S/C19H17FN2O/c1-23-18-11-3-2-9-16(18)22-19(17-10-4-5-12-21-17)14-7-6-8-15(20)13-14/h2-13,19,22H,1H3. The number of rotatable bonds is 5. The van der Waals surface area contributed by atoms with E-state index in [2.05, 4.69) is 10.3 Å². The third-order valence-corrected chi connectivity index (χ3v) is 3.57. The molecule has 116 valence electrons. The van der Waals surface area contributed by atoms with Gasteiger partial charge in [-0.25, -0.2) is 4.39 Å². The quantitative estimate of drug-likeness (QED) is 0.757. The van der Waals surface area contributed by atoms with Gasteiger partial charge in [-0.05, 0) is 42.0 Å². The van der Waals surface area contributed by atoms with Crippen molar-refractivity contribution in [2.24, 2.45) is 0 Å². The molecule has 0 spiro atoms. The van der Waals surface area contributed by atoms with Gasteiger partial charge in [0.1, 0.15) is 11.6 Å². The highest BCUT2D eigenvalue weighted by atomic mass is 19.1. The van der Waals surface area contributed by atoms with E-state index in [9.17, 15) is 4.39 Å². The predicted molar refractivity (Wildman–Crippen MR) is 89.1 cm³/mol. The van der Waals surface area contributed by atoms with Crippen molar-refractivity contribution in [2.45, 2.75) is 6.04 Å². The lowest BCUT2D eigenvalue weighted by Gasteiger charge is -2.21. The Morgan fingerprint density at radius 2 is 1.83 bits per heavy atom. The van der Waals surface area contributed by atoms with Gasteiger partial charge in [0, 0.05) is 6.20 Å². The molecule has 3 rings (SSSR count). The van der Waals surface area contributed by atoms with Gasteiger partial charge in [0.25, 0.3) is 0 Å². The number of anilines is 1. The molecule has 1 aromatic heterocycles. The van der Waals surface area contributed by atoms with E-state index < -0.39 is 0 Å². The van der Waals surface area contributed by atoms with Crippen LogP contribution in [0, 0.1) is 5.82 Å². The lowest BCUT2D eigenvalue weighted by molar-refractivity contribution is 0.416. The van der Waals surface area contributed by atoms with Crippen LogP contribution in [0.1, 0.15) is 17.3 Å². The molecular weight excluding hydrogens is 291 g/mol. The molecule has 1 unspecified atom stereocenters. The SMILES string of the molecule is COc1ccccc1NC(c1cccc(F)c1)c1ccccn1. The molecular formula is C19H17FN2O. The zero-order valence-corrected chi connectivity index (χ0v) is 12.7. The summed E-state index contributed by atoms with van der Waals surface area (Å²) in [6, 6.07) is 19.6. The van der Waals surface area contributed by atoms with Crippen LogP contribution in [0.3, 0.4) is 0 Å². The number of nitrogens with one attached hydrogen (secondary N) is 1. The maximum atomic E-state index is 13.7. The van der Waals surface area contributed by atoms with Crippen molar-refractivity contribution in [3.63, 3.8) is 0 Å². The van der Waals surface area contributed by atoms with Crippen molar-refractivity contribution < 1.29 is 9.13 Å². The highest BCUT2D eigenvalue weighted by molar-refractivity contribution is 5.58. The molecule has 2 aromatic carbocycles. The van der Waals surface area contributed by atoms with E-state index in [0.29, 0.717) is 0 Å². The lowest BCUT2D eigenvalue weighted by Crippen LogP contribution is -2.14. The molecule has 0 saturated heterocycles. The average molecular weight is 308 g/mol. The van der Waals surface area contributed by atoms with Gasteiger partial charge in [-0.15, -0.1) is 0 Å². The van der Waals surface area contributed by atoms with Crippen LogP contribution in [0.4, 0.5) is 10.1 Å². The van der Waals surface area contributed by atoms with Gasteiger partial charge >= 0.3 is 0 Å². The molecule has 0 aliphatic heterocycles. The highest BCUT2D eigenvalue weighted by Gasteiger charge is 2.17. The van der Waals surface area contributed by atoms with Crippen molar-refractivity contribution in [3.8, 4) is 5.75 Å². The topological polar surface area (TPSA) is 34.1 Å². The summed E-state index contributed by atoms with van der Waals surface area (Å²) in [7, 11) is 1.62. The van der Waals surface area contributed by atoms with Crippen LogP contribution in [0.2, 0.25) is 0 Å². The molecule has 0 amide bonds. The van der Waals surface area contributed by atoms with E-state index in [4.69, 9.17) is 4.74 Å². The van der Waals surface area contributed by atoms with Crippen molar-refractivity contribution in [1.82, 2.24) is 4.98 Å².